The minimum absolute atomic E-state index is 0.679. The van der Waals surface area contributed by atoms with E-state index in [1.165, 1.54) is 29.5 Å². The van der Waals surface area contributed by atoms with E-state index in [1.807, 2.05) is 0 Å². The standard InChI is InChI=1S/C16H26/c1-7-8-12(3)14(5)16-10-11(2)9-13(4)15(16)6/h9-10,12,14H,7-8H2,1-6H3. The van der Waals surface area contributed by atoms with E-state index in [0.29, 0.717) is 5.92 Å². The maximum atomic E-state index is 2.38. The molecule has 0 aliphatic rings. The molecule has 0 spiro atoms. The average molecular weight is 218 g/mol. The molecule has 90 valence electrons. The van der Waals surface area contributed by atoms with Crippen LogP contribution in [0.4, 0.5) is 0 Å². The summed E-state index contributed by atoms with van der Waals surface area (Å²) >= 11 is 0. The van der Waals surface area contributed by atoms with Crippen molar-refractivity contribution in [1.82, 2.24) is 0 Å². The van der Waals surface area contributed by atoms with Gasteiger partial charge in [0.05, 0.1) is 0 Å². The molecule has 0 radical (unpaired) electrons. The number of benzene rings is 1. The fourth-order valence-corrected chi connectivity index (χ4v) is 2.56. The van der Waals surface area contributed by atoms with Gasteiger partial charge < -0.3 is 0 Å². The van der Waals surface area contributed by atoms with Crippen LogP contribution in [-0.4, -0.2) is 0 Å². The highest BCUT2D eigenvalue weighted by Gasteiger charge is 2.16. The Bertz CT molecular complexity index is 349. The minimum atomic E-state index is 0.679. The van der Waals surface area contributed by atoms with Crippen LogP contribution in [0.15, 0.2) is 12.1 Å². The fraction of sp³-hybridized carbons (Fsp3) is 0.625. The van der Waals surface area contributed by atoms with Gasteiger partial charge in [-0.25, -0.2) is 0 Å². The lowest BCUT2D eigenvalue weighted by Crippen LogP contribution is -2.08. The van der Waals surface area contributed by atoms with Gasteiger partial charge in [0.1, 0.15) is 0 Å². The second-order valence-corrected chi connectivity index (χ2v) is 5.35. The summed E-state index contributed by atoms with van der Waals surface area (Å²) in [5.41, 5.74) is 5.87. The molecule has 1 rings (SSSR count). The highest BCUT2D eigenvalue weighted by Crippen LogP contribution is 2.31. The molecular weight excluding hydrogens is 192 g/mol. The molecule has 0 heterocycles. The van der Waals surface area contributed by atoms with E-state index in [0.717, 1.165) is 5.92 Å². The Balaban J connectivity index is 3.03. The first-order chi connectivity index (χ1) is 7.47. The van der Waals surface area contributed by atoms with Crippen LogP contribution in [0.25, 0.3) is 0 Å². The number of aryl methyl sites for hydroxylation is 2. The highest BCUT2D eigenvalue weighted by atomic mass is 14.2. The zero-order valence-corrected chi connectivity index (χ0v) is 11.7. The minimum Gasteiger partial charge on any atom is -0.0654 e. The quantitative estimate of drug-likeness (QED) is 0.655. The summed E-state index contributed by atoms with van der Waals surface area (Å²) in [7, 11) is 0. The Kier molecular flexibility index (Phi) is 4.58. The largest absolute Gasteiger partial charge is 0.0654 e. The van der Waals surface area contributed by atoms with Gasteiger partial charge in [0.15, 0.2) is 0 Å². The molecule has 16 heavy (non-hydrogen) atoms. The van der Waals surface area contributed by atoms with Gasteiger partial charge in [-0.3, -0.25) is 0 Å². The van der Waals surface area contributed by atoms with Gasteiger partial charge in [-0.05, 0) is 49.3 Å². The van der Waals surface area contributed by atoms with Crippen LogP contribution in [0, 0.1) is 26.7 Å². The van der Waals surface area contributed by atoms with Crippen molar-refractivity contribution in [1.29, 1.82) is 0 Å². The topological polar surface area (TPSA) is 0 Å². The van der Waals surface area contributed by atoms with Gasteiger partial charge in [-0.2, -0.15) is 0 Å². The first kappa shape index (κ1) is 13.3. The zero-order valence-electron chi connectivity index (χ0n) is 11.7. The SMILES string of the molecule is CCCC(C)C(C)c1cc(C)cc(C)c1C. The Morgan fingerprint density at radius 3 is 2.25 bits per heavy atom. The van der Waals surface area contributed by atoms with Crippen LogP contribution in [0.2, 0.25) is 0 Å². The normalized spacial score (nSPS) is 14.9. The van der Waals surface area contributed by atoms with E-state index in [4.69, 9.17) is 0 Å². The van der Waals surface area contributed by atoms with Crippen molar-refractivity contribution < 1.29 is 0 Å². The molecular formula is C16H26. The molecule has 1 aromatic rings. The Morgan fingerprint density at radius 2 is 1.69 bits per heavy atom. The molecule has 0 fully saturated rings. The lowest BCUT2D eigenvalue weighted by Gasteiger charge is -2.23. The zero-order chi connectivity index (χ0) is 12.3. The summed E-state index contributed by atoms with van der Waals surface area (Å²) in [6.45, 7) is 13.7. The molecule has 0 N–H and O–H groups in total. The average Bonchev–Trinajstić information content (AvgIpc) is 2.22. The van der Waals surface area contributed by atoms with Gasteiger partial charge >= 0.3 is 0 Å². The second kappa shape index (κ2) is 5.52. The third kappa shape index (κ3) is 2.87. The van der Waals surface area contributed by atoms with Crippen molar-refractivity contribution in [3.8, 4) is 0 Å². The van der Waals surface area contributed by atoms with Crippen molar-refractivity contribution in [2.24, 2.45) is 5.92 Å². The number of hydrogen-bond acceptors (Lipinski definition) is 0. The van der Waals surface area contributed by atoms with Crippen molar-refractivity contribution >= 4 is 0 Å². The van der Waals surface area contributed by atoms with E-state index in [2.05, 4.69) is 53.7 Å². The van der Waals surface area contributed by atoms with Gasteiger partial charge in [0.25, 0.3) is 0 Å². The third-order valence-electron chi connectivity index (χ3n) is 3.94. The second-order valence-electron chi connectivity index (χ2n) is 5.35. The highest BCUT2D eigenvalue weighted by molar-refractivity contribution is 5.39. The monoisotopic (exact) mass is 218 g/mol. The van der Waals surface area contributed by atoms with E-state index >= 15 is 0 Å². The number of hydrogen-bond donors (Lipinski definition) is 0. The van der Waals surface area contributed by atoms with Crippen LogP contribution < -0.4 is 0 Å². The summed E-state index contributed by atoms with van der Waals surface area (Å²) in [6.07, 6.45) is 2.61. The van der Waals surface area contributed by atoms with E-state index in [1.54, 1.807) is 5.56 Å². The maximum absolute atomic E-state index is 2.38. The van der Waals surface area contributed by atoms with Crippen LogP contribution in [0.1, 0.15) is 61.8 Å². The lowest BCUT2D eigenvalue weighted by molar-refractivity contribution is 0.446. The first-order valence-electron chi connectivity index (χ1n) is 6.55. The van der Waals surface area contributed by atoms with Crippen LogP contribution in [-0.2, 0) is 0 Å². The maximum Gasteiger partial charge on any atom is -0.0162 e. The molecule has 0 bridgehead atoms. The molecule has 0 aliphatic carbocycles. The predicted molar refractivity (Wildman–Crippen MR) is 73.1 cm³/mol. The first-order valence-corrected chi connectivity index (χ1v) is 6.55. The summed E-state index contributed by atoms with van der Waals surface area (Å²) < 4.78 is 0. The van der Waals surface area contributed by atoms with Gasteiger partial charge in [0, 0.05) is 0 Å². The van der Waals surface area contributed by atoms with Gasteiger partial charge in [-0.1, -0.05) is 51.3 Å². The Hall–Kier alpha value is -0.780. The Labute approximate surface area is 101 Å². The molecule has 2 unspecified atom stereocenters. The summed E-state index contributed by atoms with van der Waals surface area (Å²) in [5, 5.41) is 0. The number of rotatable bonds is 4. The third-order valence-corrected chi connectivity index (χ3v) is 3.94. The van der Waals surface area contributed by atoms with Crippen LogP contribution in [0.5, 0.6) is 0 Å². The van der Waals surface area contributed by atoms with E-state index < -0.39 is 0 Å². The van der Waals surface area contributed by atoms with E-state index in [-0.39, 0.29) is 0 Å². The molecule has 0 saturated carbocycles. The summed E-state index contributed by atoms with van der Waals surface area (Å²) in [6, 6.07) is 4.66. The summed E-state index contributed by atoms with van der Waals surface area (Å²) in [5.74, 6) is 1.46. The summed E-state index contributed by atoms with van der Waals surface area (Å²) in [4.78, 5) is 0. The van der Waals surface area contributed by atoms with Crippen molar-refractivity contribution in [3.63, 3.8) is 0 Å². The molecule has 0 amide bonds. The van der Waals surface area contributed by atoms with Gasteiger partial charge in [-0.15, -0.1) is 0 Å². The smallest absolute Gasteiger partial charge is 0.0162 e. The van der Waals surface area contributed by atoms with Gasteiger partial charge in [0.2, 0.25) is 0 Å². The molecule has 0 nitrogen and oxygen atoms in total. The van der Waals surface area contributed by atoms with Crippen molar-refractivity contribution in [3.05, 3.63) is 34.4 Å². The molecule has 0 heteroatoms. The molecule has 0 aromatic heterocycles. The van der Waals surface area contributed by atoms with Crippen molar-refractivity contribution in [2.75, 3.05) is 0 Å². The van der Waals surface area contributed by atoms with Crippen LogP contribution in [0.3, 0.4) is 0 Å². The molecule has 1 aromatic carbocycles. The predicted octanol–water partition coefficient (Wildman–Crippen LogP) is 5.15. The van der Waals surface area contributed by atoms with Crippen LogP contribution >= 0.6 is 0 Å². The Morgan fingerprint density at radius 1 is 1.06 bits per heavy atom. The van der Waals surface area contributed by atoms with Crippen molar-refractivity contribution in [2.45, 2.75) is 60.3 Å². The molecule has 2 atom stereocenters. The van der Waals surface area contributed by atoms with E-state index in [9.17, 15) is 0 Å². The molecule has 0 aliphatic heterocycles. The molecule has 0 saturated heterocycles. The fourth-order valence-electron chi connectivity index (χ4n) is 2.56. The lowest BCUT2D eigenvalue weighted by atomic mass is 9.82.